The van der Waals surface area contributed by atoms with Crippen molar-refractivity contribution in [2.24, 2.45) is 18.9 Å². The van der Waals surface area contributed by atoms with E-state index in [2.05, 4.69) is 42.0 Å². The van der Waals surface area contributed by atoms with Gasteiger partial charge in [0, 0.05) is 19.4 Å². The molecule has 0 spiro atoms. The van der Waals surface area contributed by atoms with Gasteiger partial charge in [-0.05, 0) is 31.2 Å². The Hall–Kier alpha value is -0.830. The Kier molecular flexibility index (Phi) is 4.81. The second-order valence-electron chi connectivity index (χ2n) is 5.62. The Bertz CT molecular complexity index is 350. The molecule has 1 saturated carbocycles. The van der Waals surface area contributed by atoms with Crippen molar-refractivity contribution in [2.75, 3.05) is 6.54 Å². The summed E-state index contributed by atoms with van der Waals surface area (Å²) < 4.78 is 2.17. The molecule has 18 heavy (non-hydrogen) atoms. The molecule has 0 amide bonds. The van der Waals surface area contributed by atoms with Crippen LogP contribution in [0, 0.1) is 11.8 Å². The molecule has 0 aliphatic heterocycles. The number of hydrogen-bond donors (Lipinski definition) is 1. The van der Waals surface area contributed by atoms with Gasteiger partial charge < -0.3 is 9.88 Å². The monoisotopic (exact) mass is 249 g/mol. The summed E-state index contributed by atoms with van der Waals surface area (Å²) in [6.45, 7) is 5.53. The van der Waals surface area contributed by atoms with E-state index in [0.717, 1.165) is 18.4 Å². The lowest BCUT2D eigenvalue weighted by Gasteiger charge is -2.33. The standard InChI is InChI=1S/C15H27N3/c1-4-12-6-8-13(9-7-12)14(16-5-2)15-17-10-11-18(15)3/h10-14,16H,4-9H2,1-3H3. The zero-order chi connectivity index (χ0) is 13.0. The molecule has 1 aromatic rings. The predicted molar refractivity (Wildman–Crippen MR) is 75.4 cm³/mol. The summed E-state index contributed by atoms with van der Waals surface area (Å²) in [5.74, 6) is 2.93. The SMILES string of the molecule is CCNC(c1nccn1C)C1CCC(CC)CC1. The Morgan fingerprint density at radius 1 is 1.33 bits per heavy atom. The molecule has 1 fully saturated rings. The van der Waals surface area contributed by atoms with Crippen molar-refractivity contribution in [3.63, 3.8) is 0 Å². The lowest BCUT2D eigenvalue weighted by atomic mass is 9.77. The molecule has 102 valence electrons. The molecule has 1 aliphatic rings. The highest BCUT2D eigenvalue weighted by molar-refractivity contribution is 5.01. The quantitative estimate of drug-likeness (QED) is 0.868. The van der Waals surface area contributed by atoms with Crippen molar-refractivity contribution in [1.29, 1.82) is 0 Å². The minimum atomic E-state index is 0.438. The molecule has 1 heterocycles. The summed E-state index contributed by atoms with van der Waals surface area (Å²) in [6.07, 6.45) is 10.8. The van der Waals surface area contributed by atoms with Crippen LogP contribution in [-0.2, 0) is 7.05 Å². The zero-order valence-corrected chi connectivity index (χ0v) is 12.0. The van der Waals surface area contributed by atoms with Crippen LogP contribution in [0.5, 0.6) is 0 Å². The molecule has 1 unspecified atom stereocenters. The second kappa shape index (κ2) is 6.37. The molecule has 2 rings (SSSR count). The molecule has 0 aromatic carbocycles. The molecule has 3 heteroatoms. The highest BCUT2D eigenvalue weighted by Crippen LogP contribution is 2.37. The largest absolute Gasteiger partial charge is 0.337 e. The first-order valence-electron chi connectivity index (χ1n) is 7.46. The summed E-state index contributed by atoms with van der Waals surface area (Å²) in [6, 6.07) is 0.438. The average Bonchev–Trinajstić information content (AvgIpc) is 2.82. The van der Waals surface area contributed by atoms with E-state index < -0.39 is 0 Å². The topological polar surface area (TPSA) is 29.9 Å². The van der Waals surface area contributed by atoms with Crippen molar-refractivity contribution in [3.05, 3.63) is 18.2 Å². The van der Waals surface area contributed by atoms with Gasteiger partial charge in [-0.15, -0.1) is 0 Å². The number of imidazole rings is 1. The molecular formula is C15H27N3. The average molecular weight is 249 g/mol. The van der Waals surface area contributed by atoms with Gasteiger partial charge in [-0.25, -0.2) is 4.98 Å². The van der Waals surface area contributed by atoms with Gasteiger partial charge in [-0.2, -0.15) is 0 Å². The first-order chi connectivity index (χ1) is 8.76. The second-order valence-corrected chi connectivity index (χ2v) is 5.62. The van der Waals surface area contributed by atoms with Crippen LogP contribution in [-0.4, -0.2) is 16.1 Å². The lowest BCUT2D eigenvalue weighted by Crippen LogP contribution is -2.32. The highest BCUT2D eigenvalue weighted by Gasteiger charge is 2.29. The van der Waals surface area contributed by atoms with Gasteiger partial charge >= 0.3 is 0 Å². The van der Waals surface area contributed by atoms with Crippen LogP contribution in [0.4, 0.5) is 0 Å². The maximum Gasteiger partial charge on any atom is 0.125 e. The molecule has 0 radical (unpaired) electrons. The van der Waals surface area contributed by atoms with E-state index in [-0.39, 0.29) is 0 Å². The van der Waals surface area contributed by atoms with E-state index in [4.69, 9.17) is 0 Å². The van der Waals surface area contributed by atoms with E-state index in [1.165, 1.54) is 37.9 Å². The van der Waals surface area contributed by atoms with Gasteiger partial charge in [-0.3, -0.25) is 0 Å². The summed E-state index contributed by atoms with van der Waals surface area (Å²) in [4.78, 5) is 4.55. The van der Waals surface area contributed by atoms with Crippen LogP contribution in [0.3, 0.4) is 0 Å². The molecule has 0 bridgehead atoms. The van der Waals surface area contributed by atoms with Gasteiger partial charge in [0.25, 0.3) is 0 Å². The normalized spacial score (nSPS) is 26.2. The molecule has 1 aromatic heterocycles. The fraction of sp³-hybridized carbons (Fsp3) is 0.800. The lowest BCUT2D eigenvalue weighted by molar-refractivity contribution is 0.213. The fourth-order valence-electron chi connectivity index (χ4n) is 3.30. The summed E-state index contributed by atoms with van der Waals surface area (Å²) in [7, 11) is 2.10. The summed E-state index contributed by atoms with van der Waals surface area (Å²) in [5.41, 5.74) is 0. The molecule has 1 atom stereocenters. The minimum absolute atomic E-state index is 0.438. The summed E-state index contributed by atoms with van der Waals surface area (Å²) in [5, 5.41) is 3.65. The number of aryl methyl sites for hydroxylation is 1. The molecule has 0 saturated heterocycles. The number of aromatic nitrogens is 2. The fourth-order valence-corrected chi connectivity index (χ4v) is 3.30. The Balaban J connectivity index is 2.05. The van der Waals surface area contributed by atoms with E-state index in [1.54, 1.807) is 0 Å². The number of nitrogens with zero attached hydrogens (tertiary/aromatic N) is 2. The number of hydrogen-bond acceptors (Lipinski definition) is 2. The molecule has 1 aliphatic carbocycles. The van der Waals surface area contributed by atoms with Crippen LogP contribution in [0.2, 0.25) is 0 Å². The van der Waals surface area contributed by atoms with E-state index in [1.807, 2.05) is 6.20 Å². The van der Waals surface area contributed by atoms with Crippen molar-refractivity contribution in [1.82, 2.24) is 14.9 Å². The van der Waals surface area contributed by atoms with Crippen LogP contribution in [0.15, 0.2) is 12.4 Å². The Morgan fingerprint density at radius 2 is 2.06 bits per heavy atom. The maximum atomic E-state index is 4.55. The highest BCUT2D eigenvalue weighted by atomic mass is 15.1. The van der Waals surface area contributed by atoms with Gasteiger partial charge in [0.2, 0.25) is 0 Å². The smallest absolute Gasteiger partial charge is 0.125 e. The molecular weight excluding hydrogens is 222 g/mol. The van der Waals surface area contributed by atoms with Gasteiger partial charge in [0.1, 0.15) is 5.82 Å². The Labute approximate surface area is 111 Å². The third-order valence-corrected chi connectivity index (χ3v) is 4.50. The van der Waals surface area contributed by atoms with Crippen molar-refractivity contribution in [2.45, 2.75) is 52.0 Å². The van der Waals surface area contributed by atoms with Crippen molar-refractivity contribution < 1.29 is 0 Å². The third kappa shape index (κ3) is 2.94. The van der Waals surface area contributed by atoms with Crippen LogP contribution in [0.25, 0.3) is 0 Å². The van der Waals surface area contributed by atoms with Crippen LogP contribution in [0.1, 0.15) is 57.8 Å². The van der Waals surface area contributed by atoms with Crippen molar-refractivity contribution in [3.8, 4) is 0 Å². The summed E-state index contributed by atoms with van der Waals surface area (Å²) >= 11 is 0. The molecule has 1 N–H and O–H groups in total. The van der Waals surface area contributed by atoms with Crippen molar-refractivity contribution >= 4 is 0 Å². The minimum Gasteiger partial charge on any atom is -0.337 e. The third-order valence-electron chi connectivity index (χ3n) is 4.50. The number of nitrogens with one attached hydrogen (secondary N) is 1. The van der Waals surface area contributed by atoms with E-state index >= 15 is 0 Å². The molecule has 3 nitrogen and oxygen atoms in total. The van der Waals surface area contributed by atoms with Gasteiger partial charge in [0.15, 0.2) is 0 Å². The van der Waals surface area contributed by atoms with Gasteiger partial charge in [-0.1, -0.05) is 33.1 Å². The number of rotatable bonds is 5. The first-order valence-corrected chi connectivity index (χ1v) is 7.46. The zero-order valence-electron chi connectivity index (χ0n) is 12.0. The first kappa shape index (κ1) is 13.6. The Morgan fingerprint density at radius 3 is 2.56 bits per heavy atom. The van der Waals surface area contributed by atoms with E-state index in [9.17, 15) is 0 Å². The predicted octanol–water partition coefficient (Wildman–Crippen LogP) is 3.29. The maximum absolute atomic E-state index is 4.55. The van der Waals surface area contributed by atoms with E-state index in [0.29, 0.717) is 6.04 Å². The van der Waals surface area contributed by atoms with Gasteiger partial charge in [0.05, 0.1) is 6.04 Å². The van der Waals surface area contributed by atoms with Crippen LogP contribution < -0.4 is 5.32 Å². The van der Waals surface area contributed by atoms with Crippen LogP contribution >= 0.6 is 0 Å².